The van der Waals surface area contributed by atoms with Crippen molar-refractivity contribution in [1.29, 1.82) is 5.26 Å². The molecular weight excluding hydrogens is 542 g/mol. The number of carbonyl (C=O) groups excluding carboxylic acids is 1. The lowest BCUT2D eigenvalue weighted by molar-refractivity contribution is -0.112. The smallest absolute Gasteiger partial charge is 0.266 e. The molecule has 0 saturated heterocycles. The maximum absolute atomic E-state index is 12.8. The van der Waals surface area contributed by atoms with Crippen molar-refractivity contribution in [3.63, 3.8) is 0 Å². The molecule has 0 radical (unpaired) electrons. The topological polar surface area (TPSA) is 76.3 Å². The van der Waals surface area contributed by atoms with E-state index in [1.165, 1.54) is 0 Å². The molecule has 1 heterocycles. The van der Waals surface area contributed by atoms with Gasteiger partial charge in [0.25, 0.3) is 5.91 Å². The van der Waals surface area contributed by atoms with Crippen LogP contribution in [0.3, 0.4) is 0 Å². The Morgan fingerprint density at radius 3 is 2.24 bits per heavy atom. The van der Waals surface area contributed by atoms with Gasteiger partial charge in [0, 0.05) is 27.2 Å². The minimum Gasteiger partial charge on any atom is -0.494 e. The molecule has 1 N–H and O–H groups in total. The number of hydrogen-bond donors (Lipinski definition) is 1. The third-order valence-electron chi connectivity index (χ3n) is 5.97. The van der Waals surface area contributed by atoms with Gasteiger partial charge in [0.2, 0.25) is 0 Å². The number of nitrogens with zero attached hydrogens (tertiary/aromatic N) is 2. The highest BCUT2D eigenvalue weighted by Crippen LogP contribution is 2.25. The summed E-state index contributed by atoms with van der Waals surface area (Å²) < 4.78 is 14.5. The third kappa shape index (κ3) is 6.53. The van der Waals surface area contributed by atoms with Crippen LogP contribution in [0.5, 0.6) is 11.5 Å². The van der Waals surface area contributed by atoms with Crippen LogP contribution in [0, 0.1) is 25.2 Å². The third-order valence-corrected chi connectivity index (χ3v) is 6.50. The van der Waals surface area contributed by atoms with Crippen molar-refractivity contribution >= 4 is 33.6 Å². The number of carbonyl (C=O) groups is 1. The highest BCUT2D eigenvalue weighted by atomic mass is 79.9. The van der Waals surface area contributed by atoms with Gasteiger partial charge < -0.3 is 19.4 Å². The molecule has 0 fully saturated rings. The molecule has 1 aromatic heterocycles. The van der Waals surface area contributed by atoms with Crippen LogP contribution >= 0.6 is 15.9 Å². The number of ether oxygens (including phenoxy) is 2. The molecule has 4 rings (SSSR count). The van der Waals surface area contributed by atoms with Crippen LogP contribution < -0.4 is 14.8 Å². The van der Waals surface area contributed by atoms with Gasteiger partial charge in [0.15, 0.2) is 0 Å². The number of rotatable bonds is 9. The Morgan fingerprint density at radius 2 is 1.61 bits per heavy atom. The van der Waals surface area contributed by atoms with E-state index in [4.69, 9.17) is 9.47 Å². The number of halogens is 1. The zero-order valence-corrected chi connectivity index (χ0v) is 23.1. The largest absolute Gasteiger partial charge is 0.494 e. The second-order valence-corrected chi connectivity index (χ2v) is 9.57. The van der Waals surface area contributed by atoms with Gasteiger partial charge in [0.05, 0.1) is 6.61 Å². The van der Waals surface area contributed by atoms with E-state index in [1.807, 2.05) is 81.4 Å². The van der Waals surface area contributed by atoms with Gasteiger partial charge in [0.1, 0.15) is 29.7 Å². The van der Waals surface area contributed by atoms with Crippen LogP contribution in [0.25, 0.3) is 11.8 Å². The van der Waals surface area contributed by atoms with E-state index in [1.54, 1.807) is 30.3 Å². The fourth-order valence-electron chi connectivity index (χ4n) is 4.07. The van der Waals surface area contributed by atoms with E-state index in [0.29, 0.717) is 18.9 Å². The van der Waals surface area contributed by atoms with Crippen molar-refractivity contribution in [2.45, 2.75) is 27.4 Å². The van der Waals surface area contributed by atoms with Crippen molar-refractivity contribution in [3.8, 4) is 23.3 Å². The van der Waals surface area contributed by atoms with Crippen LogP contribution in [0.2, 0.25) is 0 Å². The first-order valence-corrected chi connectivity index (χ1v) is 13.0. The minimum atomic E-state index is -0.464. The van der Waals surface area contributed by atoms with E-state index in [-0.39, 0.29) is 5.57 Å². The molecule has 0 aliphatic heterocycles. The monoisotopic (exact) mass is 569 g/mol. The number of aromatic nitrogens is 1. The summed E-state index contributed by atoms with van der Waals surface area (Å²) in [6.07, 6.45) is 1.62. The SMILES string of the molecule is CCOc1ccc(NC(=O)C(C#N)=Cc2cc(C)n(-c3ccc(OCc4ccc(Br)cc4)cc3)c2C)cc1. The molecule has 0 aliphatic carbocycles. The van der Waals surface area contributed by atoms with Gasteiger partial charge in [-0.1, -0.05) is 28.1 Å². The number of benzene rings is 3. The second-order valence-electron chi connectivity index (χ2n) is 8.65. The first-order chi connectivity index (χ1) is 18.4. The van der Waals surface area contributed by atoms with Crippen molar-refractivity contribution in [2.75, 3.05) is 11.9 Å². The maximum Gasteiger partial charge on any atom is 0.266 e. The fourth-order valence-corrected chi connectivity index (χ4v) is 4.34. The normalized spacial score (nSPS) is 11.1. The van der Waals surface area contributed by atoms with Crippen LogP contribution in [0.15, 0.2) is 88.9 Å². The van der Waals surface area contributed by atoms with Gasteiger partial charge in [-0.2, -0.15) is 5.26 Å². The molecule has 192 valence electrons. The Kier molecular flexibility index (Phi) is 8.67. The van der Waals surface area contributed by atoms with Crippen LogP contribution in [-0.2, 0) is 11.4 Å². The summed E-state index contributed by atoms with van der Waals surface area (Å²) in [7, 11) is 0. The van der Waals surface area contributed by atoms with Gasteiger partial charge in [-0.05, 0) is 105 Å². The molecule has 7 heteroatoms. The van der Waals surface area contributed by atoms with E-state index >= 15 is 0 Å². The van der Waals surface area contributed by atoms with Crippen LogP contribution in [0.4, 0.5) is 5.69 Å². The first-order valence-electron chi connectivity index (χ1n) is 12.2. The van der Waals surface area contributed by atoms with Crippen molar-refractivity contribution in [1.82, 2.24) is 4.57 Å². The first kappa shape index (κ1) is 26.8. The average molecular weight is 570 g/mol. The van der Waals surface area contributed by atoms with E-state index in [0.717, 1.165) is 44.2 Å². The Morgan fingerprint density at radius 1 is 0.974 bits per heavy atom. The minimum absolute atomic E-state index is 0.0239. The summed E-state index contributed by atoms with van der Waals surface area (Å²) in [6.45, 7) is 6.92. The van der Waals surface area contributed by atoms with Crippen molar-refractivity contribution in [2.24, 2.45) is 0 Å². The molecule has 3 aromatic carbocycles. The van der Waals surface area contributed by atoms with Gasteiger partial charge in [-0.25, -0.2) is 0 Å². The number of nitrogens with one attached hydrogen (secondary N) is 1. The zero-order chi connectivity index (χ0) is 27.1. The molecule has 0 aliphatic rings. The molecule has 4 aromatic rings. The standard InChI is InChI=1S/C31H28BrN3O3/c1-4-37-29-13-9-27(10-14-29)34-31(36)25(19-33)18-24-17-21(2)35(22(24)3)28-11-15-30(16-12-28)38-20-23-5-7-26(32)8-6-23/h5-18H,4,20H2,1-3H3,(H,34,36). The fraction of sp³-hybridized carbons (Fsp3) is 0.161. The molecule has 6 nitrogen and oxygen atoms in total. The number of hydrogen-bond acceptors (Lipinski definition) is 4. The molecule has 0 unspecified atom stereocenters. The lowest BCUT2D eigenvalue weighted by Gasteiger charge is -2.12. The number of anilines is 1. The van der Waals surface area contributed by atoms with Crippen molar-refractivity contribution < 1.29 is 14.3 Å². The molecule has 1 amide bonds. The summed E-state index contributed by atoms with van der Waals surface area (Å²) in [4.78, 5) is 12.8. The van der Waals surface area contributed by atoms with Crippen LogP contribution in [-0.4, -0.2) is 17.1 Å². The second kappa shape index (κ2) is 12.3. The van der Waals surface area contributed by atoms with Crippen molar-refractivity contribution in [3.05, 3.63) is 111 Å². The van der Waals surface area contributed by atoms with Gasteiger partial charge >= 0.3 is 0 Å². The van der Waals surface area contributed by atoms with Crippen LogP contribution in [0.1, 0.15) is 29.4 Å². The van der Waals surface area contributed by atoms with Gasteiger partial charge in [-0.15, -0.1) is 0 Å². The number of amides is 1. The van der Waals surface area contributed by atoms with Gasteiger partial charge in [-0.3, -0.25) is 4.79 Å². The van der Waals surface area contributed by atoms with E-state index < -0.39 is 5.91 Å². The van der Waals surface area contributed by atoms with E-state index in [9.17, 15) is 10.1 Å². The summed E-state index contributed by atoms with van der Waals surface area (Å²) in [5.74, 6) is 1.03. The Labute approximate surface area is 231 Å². The lowest BCUT2D eigenvalue weighted by Crippen LogP contribution is -2.13. The van der Waals surface area contributed by atoms with E-state index in [2.05, 4.69) is 25.8 Å². The quantitative estimate of drug-likeness (QED) is 0.168. The predicted octanol–water partition coefficient (Wildman–Crippen LogP) is 7.38. The molecular formula is C31H28BrN3O3. The Hall–Kier alpha value is -4.28. The molecule has 0 atom stereocenters. The molecule has 0 spiro atoms. The summed E-state index contributed by atoms with van der Waals surface area (Å²) in [5.41, 5.74) is 5.38. The predicted molar refractivity (Wildman–Crippen MR) is 154 cm³/mol. The zero-order valence-electron chi connectivity index (χ0n) is 21.5. The molecule has 0 bridgehead atoms. The number of nitriles is 1. The number of aryl methyl sites for hydroxylation is 1. The molecule has 0 saturated carbocycles. The average Bonchev–Trinajstić information content (AvgIpc) is 3.20. The summed E-state index contributed by atoms with van der Waals surface area (Å²) in [6, 6.07) is 26.9. The lowest BCUT2D eigenvalue weighted by atomic mass is 10.1. The highest BCUT2D eigenvalue weighted by molar-refractivity contribution is 9.10. The maximum atomic E-state index is 12.8. The Balaban J connectivity index is 1.48. The molecule has 38 heavy (non-hydrogen) atoms. The summed E-state index contributed by atoms with van der Waals surface area (Å²) >= 11 is 3.44. The summed E-state index contributed by atoms with van der Waals surface area (Å²) in [5, 5.41) is 12.5. The Bertz CT molecular complexity index is 1480. The highest BCUT2D eigenvalue weighted by Gasteiger charge is 2.14.